The minimum absolute atomic E-state index is 0.0346. The van der Waals surface area contributed by atoms with Crippen molar-refractivity contribution in [3.05, 3.63) is 88.1 Å². The Hall–Kier alpha value is -6.48. The molecule has 15 nitrogen and oxygen atoms in total. The SMILES string of the molecule is Cc1cc(C#N)cc(C)c1Oc1nc(Nc2ccc(C#N)cc2)nc2c1CN(C(=O)C(Cc1cncn1C(=O)OC(C)(C)C)NC(=O)OC(C)(C)C)CC2. The zero-order valence-corrected chi connectivity index (χ0v) is 31.6. The number of imidazole rings is 1. The number of carbonyl (C=O) groups excluding carboxylic acids is 3. The highest BCUT2D eigenvalue weighted by Gasteiger charge is 2.34. The van der Waals surface area contributed by atoms with Crippen LogP contribution in [0.4, 0.5) is 21.2 Å². The summed E-state index contributed by atoms with van der Waals surface area (Å²) in [6.07, 6.45) is 1.48. The first-order valence-corrected chi connectivity index (χ1v) is 17.3. The highest BCUT2D eigenvalue weighted by Crippen LogP contribution is 2.35. The molecule has 2 aromatic heterocycles. The van der Waals surface area contributed by atoms with E-state index in [9.17, 15) is 24.9 Å². The fraction of sp³-hybridized carbons (Fsp3) is 0.385. The fourth-order valence-electron chi connectivity index (χ4n) is 5.77. The van der Waals surface area contributed by atoms with Gasteiger partial charge in [0.25, 0.3) is 0 Å². The Balaban J connectivity index is 1.49. The number of alkyl carbamates (subject to hydrolysis) is 1. The maximum atomic E-state index is 14.4. The van der Waals surface area contributed by atoms with Crippen LogP contribution in [0.25, 0.3) is 0 Å². The van der Waals surface area contributed by atoms with Crippen molar-refractivity contribution in [1.82, 2.24) is 29.7 Å². The second-order valence-corrected chi connectivity index (χ2v) is 14.9. The molecule has 2 aromatic carbocycles. The molecule has 5 rings (SSSR count). The summed E-state index contributed by atoms with van der Waals surface area (Å²) in [4.78, 5) is 55.7. The molecule has 1 unspecified atom stereocenters. The summed E-state index contributed by atoms with van der Waals surface area (Å²) in [5, 5.41) is 24.6. The number of aryl methyl sites for hydroxylation is 2. The lowest BCUT2D eigenvalue weighted by molar-refractivity contribution is -0.134. The molecule has 2 amide bonds. The summed E-state index contributed by atoms with van der Waals surface area (Å²) in [6, 6.07) is 13.4. The van der Waals surface area contributed by atoms with Gasteiger partial charge in [0.1, 0.15) is 29.3 Å². The number of fused-ring (bicyclic) bond motifs is 1. The zero-order valence-electron chi connectivity index (χ0n) is 31.6. The van der Waals surface area contributed by atoms with Crippen LogP contribution in [0.3, 0.4) is 0 Å². The number of aromatic nitrogens is 4. The monoisotopic (exact) mass is 733 g/mol. The standard InChI is InChI=1S/C39H43N9O6/c1-23-15-26(19-41)16-24(2)32(23)52-33-29-21-47(14-13-30(29)44-35(46-33)43-27-11-9-25(18-40)10-12-27)34(49)31(45-36(50)53-38(3,4)5)17-28-20-42-22-48(28)37(51)54-39(6,7)8/h9-12,15-16,20,22,31H,13-14,17,21H2,1-8H3,(H,45,50)(H,43,44,46). The molecule has 3 heterocycles. The molecule has 15 heteroatoms. The predicted molar refractivity (Wildman–Crippen MR) is 197 cm³/mol. The average Bonchev–Trinajstić information content (AvgIpc) is 3.56. The summed E-state index contributed by atoms with van der Waals surface area (Å²) in [6.45, 7) is 14.3. The van der Waals surface area contributed by atoms with Crippen LogP contribution in [0.5, 0.6) is 11.6 Å². The lowest BCUT2D eigenvalue weighted by Gasteiger charge is -2.33. The van der Waals surface area contributed by atoms with Crippen LogP contribution in [-0.2, 0) is 33.7 Å². The van der Waals surface area contributed by atoms with E-state index in [1.54, 1.807) is 82.8 Å². The van der Waals surface area contributed by atoms with Gasteiger partial charge in [0.05, 0.1) is 46.8 Å². The van der Waals surface area contributed by atoms with Gasteiger partial charge in [-0.25, -0.2) is 24.1 Å². The minimum atomic E-state index is -1.16. The second-order valence-electron chi connectivity index (χ2n) is 14.9. The van der Waals surface area contributed by atoms with Crippen LogP contribution in [0.15, 0.2) is 48.9 Å². The van der Waals surface area contributed by atoms with Gasteiger partial charge in [0.2, 0.25) is 17.7 Å². The van der Waals surface area contributed by atoms with Crippen molar-refractivity contribution in [1.29, 1.82) is 10.5 Å². The molecule has 280 valence electrons. The second kappa shape index (κ2) is 15.6. The minimum Gasteiger partial charge on any atom is -0.444 e. The van der Waals surface area contributed by atoms with E-state index in [2.05, 4.69) is 27.8 Å². The number of ether oxygens (including phenoxy) is 3. The molecular weight excluding hydrogens is 690 g/mol. The molecule has 2 N–H and O–H groups in total. The van der Waals surface area contributed by atoms with Gasteiger partial charge >= 0.3 is 12.2 Å². The highest BCUT2D eigenvalue weighted by atomic mass is 16.6. The average molecular weight is 734 g/mol. The summed E-state index contributed by atoms with van der Waals surface area (Å²) in [5.41, 5.74) is 2.99. The number of benzene rings is 2. The maximum absolute atomic E-state index is 14.4. The number of nitriles is 2. The van der Waals surface area contributed by atoms with Crippen LogP contribution in [0, 0.1) is 36.5 Å². The number of nitrogens with zero attached hydrogens (tertiary/aromatic N) is 7. The van der Waals surface area contributed by atoms with E-state index < -0.39 is 35.3 Å². The number of nitrogens with one attached hydrogen (secondary N) is 2. The lowest BCUT2D eigenvalue weighted by Crippen LogP contribution is -2.52. The number of anilines is 2. The van der Waals surface area contributed by atoms with E-state index in [-0.39, 0.29) is 31.3 Å². The molecule has 1 aliphatic heterocycles. The van der Waals surface area contributed by atoms with Crippen molar-refractivity contribution in [2.45, 2.75) is 92.0 Å². The third-order valence-electron chi connectivity index (χ3n) is 8.10. The van der Waals surface area contributed by atoms with Gasteiger partial charge in [0, 0.05) is 31.3 Å². The topological polar surface area (TPSA) is 197 Å². The molecule has 4 aromatic rings. The molecule has 0 radical (unpaired) electrons. The van der Waals surface area contributed by atoms with E-state index in [4.69, 9.17) is 24.2 Å². The van der Waals surface area contributed by atoms with Crippen LogP contribution in [-0.4, -0.2) is 66.3 Å². The third kappa shape index (κ3) is 9.68. The molecule has 1 aliphatic rings. The van der Waals surface area contributed by atoms with E-state index in [0.29, 0.717) is 57.1 Å². The van der Waals surface area contributed by atoms with Gasteiger partial charge in [-0.15, -0.1) is 0 Å². The zero-order chi connectivity index (χ0) is 39.4. The number of amides is 2. The van der Waals surface area contributed by atoms with Crippen LogP contribution >= 0.6 is 0 Å². The Labute approximate surface area is 313 Å². The first-order valence-electron chi connectivity index (χ1n) is 17.3. The molecule has 0 aliphatic carbocycles. The van der Waals surface area contributed by atoms with Crippen molar-refractivity contribution >= 4 is 29.7 Å². The van der Waals surface area contributed by atoms with Gasteiger partial charge in [-0.2, -0.15) is 15.5 Å². The first kappa shape index (κ1) is 38.7. The molecule has 1 atom stereocenters. The predicted octanol–water partition coefficient (Wildman–Crippen LogP) is 6.37. The molecule has 54 heavy (non-hydrogen) atoms. The van der Waals surface area contributed by atoms with Gasteiger partial charge < -0.3 is 29.7 Å². The third-order valence-corrected chi connectivity index (χ3v) is 8.10. The number of carbonyl (C=O) groups is 3. The Kier molecular flexibility index (Phi) is 11.2. The fourth-order valence-corrected chi connectivity index (χ4v) is 5.77. The van der Waals surface area contributed by atoms with Crippen molar-refractivity contribution in [2.75, 3.05) is 11.9 Å². The van der Waals surface area contributed by atoms with E-state index in [1.807, 2.05) is 13.8 Å². The van der Waals surface area contributed by atoms with Crippen molar-refractivity contribution in [3.63, 3.8) is 0 Å². The Morgan fingerprint density at radius 2 is 1.57 bits per heavy atom. The van der Waals surface area contributed by atoms with Crippen LogP contribution in [0.1, 0.15) is 80.7 Å². The van der Waals surface area contributed by atoms with E-state index in [0.717, 1.165) is 0 Å². The van der Waals surface area contributed by atoms with Crippen LogP contribution in [0.2, 0.25) is 0 Å². The van der Waals surface area contributed by atoms with Crippen molar-refractivity contribution in [3.8, 4) is 23.8 Å². The number of hydrogen-bond donors (Lipinski definition) is 2. The van der Waals surface area contributed by atoms with E-state index >= 15 is 0 Å². The lowest BCUT2D eigenvalue weighted by atomic mass is 10.0. The van der Waals surface area contributed by atoms with Gasteiger partial charge in [-0.1, -0.05) is 0 Å². The summed E-state index contributed by atoms with van der Waals surface area (Å²) >= 11 is 0. The number of hydrogen-bond acceptors (Lipinski definition) is 12. The van der Waals surface area contributed by atoms with Crippen LogP contribution < -0.4 is 15.4 Å². The first-order chi connectivity index (χ1) is 25.4. The maximum Gasteiger partial charge on any atom is 0.420 e. The Morgan fingerprint density at radius 3 is 2.19 bits per heavy atom. The number of rotatable bonds is 8. The van der Waals surface area contributed by atoms with Gasteiger partial charge in [-0.3, -0.25) is 4.79 Å². The molecular formula is C39H43N9O6. The summed E-state index contributed by atoms with van der Waals surface area (Å²) in [7, 11) is 0. The summed E-state index contributed by atoms with van der Waals surface area (Å²) < 4.78 is 18.7. The van der Waals surface area contributed by atoms with Crippen molar-refractivity contribution < 1.29 is 28.6 Å². The molecule has 0 saturated carbocycles. The van der Waals surface area contributed by atoms with Gasteiger partial charge in [-0.05, 0) is 103 Å². The molecule has 0 fully saturated rings. The normalized spacial score (nSPS) is 13.1. The highest BCUT2D eigenvalue weighted by molar-refractivity contribution is 5.86. The Morgan fingerprint density at radius 1 is 0.926 bits per heavy atom. The van der Waals surface area contributed by atoms with E-state index in [1.165, 1.54) is 17.1 Å². The largest absolute Gasteiger partial charge is 0.444 e. The Bertz CT molecular complexity index is 2130. The molecule has 0 spiro atoms. The summed E-state index contributed by atoms with van der Waals surface area (Å²) in [5.74, 6) is 0.503. The molecule has 0 saturated heterocycles. The quantitative estimate of drug-likeness (QED) is 0.203. The molecule has 0 bridgehead atoms. The smallest absolute Gasteiger partial charge is 0.420 e. The van der Waals surface area contributed by atoms with Crippen molar-refractivity contribution in [2.24, 2.45) is 0 Å². The van der Waals surface area contributed by atoms with Gasteiger partial charge in [0.15, 0.2) is 0 Å².